The van der Waals surface area contributed by atoms with Crippen LogP contribution < -0.4 is 11.1 Å². The fraction of sp³-hybridized carbons (Fsp3) is 0.588. The first-order valence-electron chi connectivity index (χ1n) is 8.61. The summed E-state index contributed by atoms with van der Waals surface area (Å²) in [6.07, 6.45) is 6.89. The normalized spacial score (nSPS) is 16.9. The maximum Gasteiger partial charge on any atom is 0.227 e. The van der Waals surface area contributed by atoms with E-state index in [0.717, 1.165) is 18.4 Å². The Balaban J connectivity index is 1.48. The molecule has 130 valence electrons. The van der Waals surface area contributed by atoms with E-state index in [1.165, 1.54) is 19.3 Å². The first-order valence-corrected chi connectivity index (χ1v) is 9.55. The van der Waals surface area contributed by atoms with Gasteiger partial charge in [0, 0.05) is 36.4 Å². The van der Waals surface area contributed by atoms with Crippen molar-refractivity contribution in [1.29, 1.82) is 0 Å². The van der Waals surface area contributed by atoms with Crippen molar-refractivity contribution in [2.24, 2.45) is 11.7 Å². The zero-order valence-electron chi connectivity index (χ0n) is 13.7. The average molecular weight is 348 g/mol. The molecule has 1 unspecified atom stereocenters. The first-order chi connectivity index (χ1) is 11.8. The second-order valence-corrected chi connectivity index (χ2v) is 7.11. The van der Waals surface area contributed by atoms with E-state index in [2.05, 4.69) is 15.5 Å². The number of nitrogens with one attached hydrogen (secondary N) is 1. The van der Waals surface area contributed by atoms with Crippen molar-refractivity contribution >= 4 is 17.2 Å². The van der Waals surface area contributed by atoms with Crippen molar-refractivity contribution in [1.82, 2.24) is 15.5 Å². The second-order valence-electron chi connectivity index (χ2n) is 6.33. The summed E-state index contributed by atoms with van der Waals surface area (Å²) in [5.41, 5.74) is 6.81. The number of aryl methyl sites for hydroxylation is 1. The van der Waals surface area contributed by atoms with Crippen molar-refractivity contribution in [2.45, 2.75) is 51.0 Å². The molecule has 6 nitrogen and oxygen atoms in total. The Hall–Kier alpha value is -1.73. The third-order valence-corrected chi connectivity index (χ3v) is 5.32. The number of carbonyl (C=O) groups is 1. The van der Waals surface area contributed by atoms with Gasteiger partial charge in [0.1, 0.15) is 0 Å². The predicted molar refractivity (Wildman–Crippen MR) is 93.5 cm³/mol. The Morgan fingerprint density at radius 1 is 1.42 bits per heavy atom. The van der Waals surface area contributed by atoms with Gasteiger partial charge in [0.2, 0.25) is 17.6 Å². The summed E-state index contributed by atoms with van der Waals surface area (Å²) in [6, 6.07) is 2.03. The number of nitrogens with two attached hydrogens (primary N) is 1. The fourth-order valence-corrected chi connectivity index (χ4v) is 3.90. The van der Waals surface area contributed by atoms with Crippen LogP contribution in [0.1, 0.15) is 44.4 Å². The minimum Gasteiger partial charge on any atom is -0.352 e. The van der Waals surface area contributed by atoms with Crippen molar-refractivity contribution in [2.75, 3.05) is 6.54 Å². The fourth-order valence-electron chi connectivity index (χ4n) is 3.27. The zero-order valence-corrected chi connectivity index (χ0v) is 14.6. The summed E-state index contributed by atoms with van der Waals surface area (Å²) in [6.45, 7) is 0.499. The number of nitrogens with zero attached hydrogens (tertiary/aromatic N) is 2. The molecule has 2 aromatic rings. The maximum absolute atomic E-state index is 12.2. The lowest BCUT2D eigenvalue weighted by Gasteiger charge is -2.30. The largest absolute Gasteiger partial charge is 0.352 e. The number of aromatic nitrogens is 2. The Kier molecular flexibility index (Phi) is 5.98. The molecule has 1 fully saturated rings. The standard InChI is InChI=1S/C17H24N4O2S/c18-10-14(12-4-2-1-3-5-12)19-15(22)6-7-16-20-17(21-23-16)13-8-9-24-11-13/h8-9,11-12,14H,1-7,10,18H2,(H,19,22). The molecule has 7 heteroatoms. The molecule has 3 rings (SSSR count). The van der Waals surface area contributed by atoms with Gasteiger partial charge in [-0.15, -0.1) is 0 Å². The van der Waals surface area contributed by atoms with E-state index < -0.39 is 0 Å². The van der Waals surface area contributed by atoms with E-state index in [1.807, 2.05) is 16.8 Å². The highest BCUT2D eigenvalue weighted by molar-refractivity contribution is 7.08. The van der Waals surface area contributed by atoms with E-state index in [0.29, 0.717) is 37.0 Å². The molecular weight excluding hydrogens is 324 g/mol. The highest BCUT2D eigenvalue weighted by atomic mass is 32.1. The van der Waals surface area contributed by atoms with Gasteiger partial charge < -0.3 is 15.6 Å². The second kappa shape index (κ2) is 8.39. The van der Waals surface area contributed by atoms with E-state index in [1.54, 1.807) is 11.3 Å². The number of amides is 1. The summed E-state index contributed by atoms with van der Waals surface area (Å²) < 4.78 is 5.23. The molecule has 0 saturated heterocycles. The number of carbonyl (C=O) groups excluding carboxylic acids is 1. The van der Waals surface area contributed by atoms with Crippen LogP contribution in [-0.2, 0) is 11.2 Å². The minimum atomic E-state index is 0.00584. The van der Waals surface area contributed by atoms with Crippen LogP contribution in [0.5, 0.6) is 0 Å². The Bertz CT molecular complexity index is 635. The molecule has 0 spiro atoms. The van der Waals surface area contributed by atoms with E-state index in [-0.39, 0.29) is 11.9 Å². The molecule has 0 aliphatic heterocycles. The summed E-state index contributed by atoms with van der Waals surface area (Å²) in [5.74, 6) is 1.59. The van der Waals surface area contributed by atoms with Crippen LogP contribution in [0, 0.1) is 5.92 Å². The van der Waals surface area contributed by atoms with Crippen LogP contribution in [0.15, 0.2) is 21.3 Å². The third-order valence-electron chi connectivity index (χ3n) is 4.63. The topological polar surface area (TPSA) is 94.0 Å². The first kappa shape index (κ1) is 17.1. The number of rotatable bonds is 7. The molecule has 2 aromatic heterocycles. The molecule has 1 aliphatic rings. The van der Waals surface area contributed by atoms with Crippen LogP contribution >= 0.6 is 11.3 Å². The van der Waals surface area contributed by atoms with Crippen LogP contribution in [0.4, 0.5) is 0 Å². The average Bonchev–Trinajstić information content (AvgIpc) is 3.29. The molecule has 1 aliphatic carbocycles. The lowest BCUT2D eigenvalue weighted by molar-refractivity contribution is -0.122. The molecule has 1 amide bonds. The highest BCUT2D eigenvalue weighted by Gasteiger charge is 2.24. The Labute approximate surface area is 145 Å². The van der Waals surface area contributed by atoms with Gasteiger partial charge in [-0.1, -0.05) is 24.4 Å². The highest BCUT2D eigenvalue weighted by Crippen LogP contribution is 2.26. The lowest BCUT2D eigenvalue weighted by atomic mass is 9.84. The zero-order chi connectivity index (χ0) is 16.8. The molecule has 0 bridgehead atoms. The molecule has 1 atom stereocenters. The molecule has 2 heterocycles. The molecule has 24 heavy (non-hydrogen) atoms. The lowest BCUT2D eigenvalue weighted by Crippen LogP contribution is -2.46. The van der Waals surface area contributed by atoms with Gasteiger partial charge in [0.05, 0.1) is 0 Å². The molecular formula is C17H24N4O2S. The van der Waals surface area contributed by atoms with Gasteiger partial charge in [0.25, 0.3) is 0 Å². The van der Waals surface area contributed by atoms with Gasteiger partial charge >= 0.3 is 0 Å². The molecule has 1 saturated carbocycles. The van der Waals surface area contributed by atoms with E-state index >= 15 is 0 Å². The van der Waals surface area contributed by atoms with Crippen molar-refractivity contribution < 1.29 is 9.32 Å². The monoisotopic (exact) mass is 348 g/mol. The van der Waals surface area contributed by atoms with Gasteiger partial charge in [0.15, 0.2) is 0 Å². The van der Waals surface area contributed by atoms with Gasteiger partial charge in [-0.05, 0) is 30.2 Å². The summed E-state index contributed by atoms with van der Waals surface area (Å²) >= 11 is 1.59. The molecule has 0 radical (unpaired) electrons. The molecule has 0 aromatic carbocycles. The van der Waals surface area contributed by atoms with Crippen molar-refractivity contribution in [3.8, 4) is 11.4 Å². The molecule has 3 N–H and O–H groups in total. The maximum atomic E-state index is 12.2. The van der Waals surface area contributed by atoms with Gasteiger partial charge in [-0.3, -0.25) is 4.79 Å². The van der Waals surface area contributed by atoms with Gasteiger partial charge in [-0.25, -0.2) is 0 Å². The quantitative estimate of drug-likeness (QED) is 0.802. The number of hydrogen-bond donors (Lipinski definition) is 2. The van der Waals surface area contributed by atoms with Crippen LogP contribution in [0.3, 0.4) is 0 Å². The predicted octanol–water partition coefficient (Wildman–Crippen LogP) is 2.75. The Morgan fingerprint density at radius 2 is 2.25 bits per heavy atom. The summed E-state index contributed by atoms with van der Waals surface area (Å²) in [5, 5.41) is 11.0. The van der Waals surface area contributed by atoms with E-state index in [4.69, 9.17) is 10.3 Å². The SMILES string of the molecule is NCC(NC(=O)CCc1nc(-c2ccsc2)no1)C1CCCCC1. The van der Waals surface area contributed by atoms with Crippen LogP contribution in [0.2, 0.25) is 0 Å². The van der Waals surface area contributed by atoms with Crippen LogP contribution in [0.25, 0.3) is 11.4 Å². The third kappa shape index (κ3) is 4.42. The number of thiophene rings is 1. The Morgan fingerprint density at radius 3 is 2.96 bits per heavy atom. The summed E-state index contributed by atoms with van der Waals surface area (Å²) in [7, 11) is 0. The van der Waals surface area contributed by atoms with Gasteiger partial charge in [-0.2, -0.15) is 16.3 Å². The van der Waals surface area contributed by atoms with Crippen molar-refractivity contribution in [3.63, 3.8) is 0 Å². The van der Waals surface area contributed by atoms with Crippen molar-refractivity contribution in [3.05, 3.63) is 22.7 Å². The number of hydrogen-bond acceptors (Lipinski definition) is 6. The van der Waals surface area contributed by atoms with E-state index in [9.17, 15) is 4.79 Å². The minimum absolute atomic E-state index is 0.00584. The smallest absolute Gasteiger partial charge is 0.227 e. The summed E-state index contributed by atoms with van der Waals surface area (Å²) in [4.78, 5) is 16.5. The van der Waals surface area contributed by atoms with Crippen LogP contribution in [-0.4, -0.2) is 28.6 Å².